The number of aromatic nitrogens is 7. The van der Waals surface area contributed by atoms with Gasteiger partial charge in [0.2, 0.25) is 11.8 Å². The van der Waals surface area contributed by atoms with Crippen LogP contribution in [0.15, 0.2) is 84.9 Å². The molecule has 362 valence electrons. The van der Waals surface area contributed by atoms with Crippen molar-refractivity contribution in [1.82, 2.24) is 55.4 Å². The molecule has 2 aliphatic rings. The van der Waals surface area contributed by atoms with Crippen molar-refractivity contribution in [2.24, 2.45) is 11.8 Å². The number of methoxy groups -OCH3 is 2. The van der Waals surface area contributed by atoms with Crippen molar-refractivity contribution >= 4 is 24.0 Å². The first-order chi connectivity index (χ1) is 33.1. The van der Waals surface area contributed by atoms with Crippen LogP contribution in [0.3, 0.4) is 0 Å². The Balaban J connectivity index is 1.04. The van der Waals surface area contributed by atoms with E-state index in [1.54, 1.807) is 9.80 Å². The maximum atomic E-state index is 13.7. The number of carbonyl (C=O) groups excluding carboxylic acids is 4. The second-order valence-corrected chi connectivity index (χ2v) is 19.6. The van der Waals surface area contributed by atoms with Crippen molar-refractivity contribution in [1.29, 1.82) is 0 Å². The molecule has 5 heterocycles. The van der Waals surface area contributed by atoms with Crippen LogP contribution in [0.1, 0.15) is 103 Å². The molecule has 0 saturated carbocycles. The summed E-state index contributed by atoms with van der Waals surface area (Å²) in [5.41, 5.74) is 7.87. The molecule has 4 atom stereocenters. The van der Waals surface area contributed by atoms with E-state index in [0.717, 1.165) is 65.0 Å². The van der Waals surface area contributed by atoms with Gasteiger partial charge in [0.1, 0.15) is 23.7 Å². The zero-order valence-corrected chi connectivity index (χ0v) is 40.9. The van der Waals surface area contributed by atoms with E-state index in [1.165, 1.54) is 19.8 Å². The summed E-state index contributed by atoms with van der Waals surface area (Å²) >= 11 is 0. The number of alkyl carbamates (subject to hydrolysis) is 2. The van der Waals surface area contributed by atoms with Gasteiger partial charge in [0, 0.05) is 29.9 Å². The molecule has 0 bridgehead atoms. The SMILES string of the molecule is COC(=O)NC(C(=O)N1CCCC1c1nc(-c2ccc(-c3ccc(-c4ccc(-c5n[nH]c(C6CCCN6C(=O)C(NC(=O)OC)C(C)C)n5)cc4)n3-c3ccc(C(C)(C)C)cc3)cc2)n[nH]1)C(C)C. The number of benzene rings is 3. The van der Waals surface area contributed by atoms with E-state index in [2.05, 4.69) is 117 Å². The molecule has 0 spiro atoms. The van der Waals surface area contributed by atoms with Gasteiger partial charge in [-0.1, -0.05) is 109 Å². The molecule has 4 N–H and O–H groups in total. The van der Waals surface area contributed by atoms with Crippen molar-refractivity contribution in [2.75, 3.05) is 27.3 Å². The molecule has 2 saturated heterocycles. The normalized spacial score (nSPS) is 17.0. The monoisotopic (exact) mass is 937 g/mol. The quantitative estimate of drug-likeness (QED) is 0.0866. The Hall–Kier alpha value is -7.30. The van der Waals surface area contributed by atoms with E-state index < -0.39 is 24.3 Å². The topological polar surface area (TPSA) is 205 Å². The third-order valence-corrected chi connectivity index (χ3v) is 13.2. The summed E-state index contributed by atoms with van der Waals surface area (Å²) in [5.74, 6) is 1.63. The number of amides is 4. The summed E-state index contributed by atoms with van der Waals surface area (Å²) < 4.78 is 11.9. The number of hydrogen-bond donors (Lipinski definition) is 4. The van der Waals surface area contributed by atoms with Crippen LogP contribution < -0.4 is 10.6 Å². The summed E-state index contributed by atoms with van der Waals surface area (Å²) in [5, 5.41) is 20.8. The molecule has 8 rings (SSSR count). The van der Waals surface area contributed by atoms with Gasteiger partial charge in [-0.15, -0.1) is 0 Å². The van der Waals surface area contributed by atoms with E-state index in [-0.39, 0.29) is 41.1 Å². The smallest absolute Gasteiger partial charge is 0.407 e. The lowest BCUT2D eigenvalue weighted by molar-refractivity contribution is -0.136. The molecule has 3 aromatic carbocycles. The van der Waals surface area contributed by atoms with E-state index in [0.29, 0.717) is 36.4 Å². The maximum absolute atomic E-state index is 13.7. The highest BCUT2D eigenvalue weighted by molar-refractivity contribution is 5.87. The van der Waals surface area contributed by atoms with Crippen LogP contribution in [-0.2, 0) is 24.5 Å². The molecule has 4 amide bonds. The van der Waals surface area contributed by atoms with Crippen LogP contribution in [0.4, 0.5) is 9.59 Å². The van der Waals surface area contributed by atoms with Crippen LogP contribution >= 0.6 is 0 Å². The zero-order valence-electron chi connectivity index (χ0n) is 40.9. The first-order valence-electron chi connectivity index (χ1n) is 23.7. The van der Waals surface area contributed by atoms with Gasteiger partial charge < -0.3 is 34.5 Å². The van der Waals surface area contributed by atoms with E-state index in [1.807, 2.05) is 52.0 Å². The minimum Gasteiger partial charge on any atom is -0.453 e. The van der Waals surface area contributed by atoms with Crippen molar-refractivity contribution in [2.45, 2.75) is 104 Å². The number of likely N-dealkylation sites (tertiary alicyclic amines) is 2. The molecule has 0 aliphatic carbocycles. The van der Waals surface area contributed by atoms with Gasteiger partial charge in [-0.2, -0.15) is 10.2 Å². The lowest BCUT2D eigenvalue weighted by Gasteiger charge is -2.29. The van der Waals surface area contributed by atoms with Gasteiger partial charge in [-0.3, -0.25) is 19.8 Å². The minimum atomic E-state index is -0.727. The Bertz CT molecular complexity index is 2610. The van der Waals surface area contributed by atoms with Crippen molar-refractivity contribution in [3.05, 3.63) is 102 Å². The van der Waals surface area contributed by atoms with Gasteiger partial charge >= 0.3 is 12.2 Å². The van der Waals surface area contributed by atoms with Gasteiger partial charge in [0.25, 0.3) is 0 Å². The van der Waals surface area contributed by atoms with E-state index >= 15 is 0 Å². The molecule has 6 aromatic rings. The lowest BCUT2D eigenvalue weighted by Crippen LogP contribution is -2.51. The standard InChI is InChI=1S/C52H63N11O6/c1-30(2)42(53-50(66)68-8)48(64)61-28-10-12-40(61)46-55-44(57-59-46)34-18-14-32(15-19-34)38-26-27-39(63(38)37-24-22-36(23-25-37)52(5,6)7)33-16-20-35(21-17-33)45-56-47(60-58-45)41-13-11-29-62(41)49(65)43(31(3)4)54-51(67)69-9/h14-27,30-31,40-43H,10-13,28-29H2,1-9H3,(H,53,66)(H,54,67)(H,55,57,59)(H,56,58,60). The van der Waals surface area contributed by atoms with Crippen molar-refractivity contribution in [3.63, 3.8) is 0 Å². The van der Waals surface area contributed by atoms with Gasteiger partial charge in [0.05, 0.1) is 37.7 Å². The van der Waals surface area contributed by atoms with Crippen molar-refractivity contribution < 1.29 is 28.7 Å². The number of aromatic amines is 2. The molecule has 2 aliphatic heterocycles. The van der Waals surface area contributed by atoms with Gasteiger partial charge in [-0.25, -0.2) is 19.6 Å². The number of carbonyl (C=O) groups is 4. The molecule has 17 heteroatoms. The Labute approximate surface area is 402 Å². The summed E-state index contributed by atoms with van der Waals surface area (Å²) in [6, 6.07) is 27.3. The summed E-state index contributed by atoms with van der Waals surface area (Å²) in [7, 11) is 2.57. The maximum Gasteiger partial charge on any atom is 0.407 e. The summed E-state index contributed by atoms with van der Waals surface area (Å²) in [4.78, 5) is 64.9. The molecule has 0 radical (unpaired) electrons. The highest BCUT2D eigenvalue weighted by Gasteiger charge is 2.39. The lowest BCUT2D eigenvalue weighted by atomic mass is 9.87. The van der Waals surface area contributed by atoms with Crippen LogP contribution in [0.2, 0.25) is 0 Å². The van der Waals surface area contributed by atoms with Gasteiger partial charge in [-0.05, 0) is 83.9 Å². The third-order valence-electron chi connectivity index (χ3n) is 13.2. The number of H-pyrrole nitrogens is 2. The Morgan fingerprint density at radius 2 is 0.986 bits per heavy atom. The highest BCUT2D eigenvalue weighted by atomic mass is 16.5. The largest absolute Gasteiger partial charge is 0.453 e. The number of ether oxygens (including phenoxy) is 2. The Kier molecular flexibility index (Phi) is 14.0. The first kappa shape index (κ1) is 48.2. The van der Waals surface area contributed by atoms with Crippen LogP contribution in [-0.4, -0.2) is 108 Å². The number of nitrogens with zero attached hydrogens (tertiary/aromatic N) is 7. The Morgan fingerprint density at radius 1 is 0.594 bits per heavy atom. The fourth-order valence-corrected chi connectivity index (χ4v) is 9.35. The average molecular weight is 938 g/mol. The highest BCUT2D eigenvalue weighted by Crippen LogP contribution is 2.37. The Morgan fingerprint density at radius 3 is 1.35 bits per heavy atom. The second-order valence-electron chi connectivity index (χ2n) is 19.6. The number of hydrogen-bond acceptors (Lipinski definition) is 10. The number of rotatable bonds is 13. The first-order valence-corrected chi connectivity index (χ1v) is 23.7. The molecular weight excluding hydrogens is 875 g/mol. The summed E-state index contributed by atoms with van der Waals surface area (Å²) in [6.45, 7) is 15.3. The molecule has 17 nitrogen and oxygen atoms in total. The molecular formula is C52H63N11O6. The average Bonchev–Trinajstić information content (AvgIpc) is 4.21. The van der Waals surface area contributed by atoms with Crippen molar-refractivity contribution in [3.8, 4) is 51.0 Å². The minimum absolute atomic E-state index is 0.0134. The molecule has 3 aromatic heterocycles. The fraction of sp³-hybridized carbons (Fsp3) is 0.423. The summed E-state index contributed by atoms with van der Waals surface area (Å²) in [6.07, 6.45) is 1.78. The molecule has 69 heavy (non-hydrogen) atoms. The molecule has 4 unspecified atom stereocenters. The molecule has 2 fully saturated rings. The third kappa shape index (κ3) is 10.1. The van der Waals surface area contributed by atoms with E-state index in [4.69, 9.17) is 19.4 Å². The van der Waals surface area contributed by atoms with Crippen LogP contribution in [0.25, 0.3) is 51.0 Å². The van der Waals surface area contributed by atoms with Crippen LogP contribution in [0.5, 0.6) is 0 Å². The fourth-order valence-electron chi connectivity index (χ4n) is 9.35. The second kappa shape index (κ2) is 20.1. The predicted molar refractivity (Wildman–Crippen MR) is 262 cm³/mol. The zero-order chi connectivity index (χ0) is 49.1. The van der Waals surface area contributed by atoms with Gasteiger partial charge in [0.15, 0.2) is 11.6 Å². The van der Waals surface area contributed by atoms with E-state index in [9.17, 15) is 19.2 Å². The predicted octanol–water partition coefficient (Wildman–Crippen LogP) is 8.77. The van der Waals surface area contributed by atoms with Crippen LogP contribution in [0, 0.1) is 11.8 Å². The number of nitrogens with one attached hydrogen (secondary N) is 4.